The van der Waals surface area contributed by atoms with Crippen LogP contribution in [0.3, 0.4) is 0 Å². The molecule has 0 radical (unpaired) electrons. The summed E-state index contributed by atoms with van der Waals surface area (Å²) in [7, 11) is 0. The van der Waals surface area contributed by atoms with Crippen LogP contribution < -0.4 is 5.32 Å². The van der Waals surface area contributed by atoms with Crippen molar-refractivity contribution in [2.45, 2.75) is 32.4 Å². The van der Waals surface area contributed by atoms with Crippen LogP contribution >= 0.6 is 0 Å². The highest BCUT2D eigenvalue weighted by molar-refractivity contribution is 5.75. The van der Waals surface area contributed by atoms with Crippen LogP contribution in [0.5, 0.6) is 0 Å². The molecule has 1 N–H and O–H groups in total. The topological polar surface area (TPSA) is 72.7 Å². The molecule has 1 aliphatic carbocycles. The molecule has 3 rings (SSSR count). The highest BCUT2D eigenvalue weighted by Crippen LogP contribution is 2.32. The van der Waals surface area contributed by atoms with E-state index in [0.717, 1.165) is 5.56 Å². The monoisotopic (exact) mass is 271 g/mol. The van der Waals surface area contributed by atoms with E-state index in [2.05, 4.69) is 20.7 Å². The summed E-state index contributed by atoms with van der Waals surface area (Å²) < 4.78 is 0. The van der Waals surface area contributed by atoms with Crippen molar-refractivity contribution in [3.8, 4) is 11.4 Å². The predicted molar refractivity (Wildman–Crippen MR) is 73.6 cm³/mol. The summed E-state index contributed by atoms with van der Waals surface area (Å²) in [5.41, 5.74) is 0.894. The number of tetrazole rings is 1. The van der Waals surface area contributed by atoms with Gasteiger partial charge in [-0.2, -0.15) is 4.80 Å². The molecule has 1 aromatic carbocycles. The third kappa shape index (κ3) is 3.01. The molecule has 0 spiro atoms. The van der Waals surface area contributed by atoms with Gasteiger partial charge in [0.05, 0.1) is 0 Å². The number of benzene rings is 1. The lowest BCUT2D eigenvalue weighted by molar-refractivity contribution is -0.122. The van der Waals surface area contributed by atoms with E-state index < -0.39 is 0 Å². The SMILES string of the molecule is C[C@@H](NC(=O)Cn1nnc(-c2ccccc2)n1)C1CC1. The minimum absolute atomic E-state index is 0.0681. The maximum atomic E-state index is 11.9. The normalized spacial score (nSPS) is 15.8. The Hall–Kier alpha value is -2.24. The second-order valence-electron chi connectivity index (χ2n) is 5.20. The van der Waals surface area contributed by atoms with Gasteiger partial charge in [-0.25, -0.2) is 0 Å². The first-order chi connectivity index (χ1) is 9.72. The van der Waals surface area contributed by atoms with Gasteiger partial charge in [0.1, 0.15) is 6.54 Å². The van der Waals surface area contributed by atoms with E-state index >= 15 is 0 Å². The summed E-state index contributed by atoms with van der Waals surface area (Å²) in [6.45, 7) is 2.15. The first-order valence-electron chi connectivity index (χ1n) is 6.85. The average molecular weight is 271 g/mol. The van der Waals surface area contributed by atoms with Gasteiger partial charge in [-0.05, 0) is 30.9 Å². The Morgan fingerprint density at radius 3 is 2.85 bits per heavy atom. The highest BCUT2D eigenvalue weighted by Gasteiger charge is 2.28. The maximum Gasteiger partial charge on any atom is 0.243 e. The molecule has 20 heavy (non-hydrogen) atoms. The molecule has 1 heterocycles. The van der Waals surface area contributed by atoms with Gasteiger partial charge >= 0.3 is 0 Å². The predicted octanol–water partition coefficient (Wildman–Crippen LogP) is 1.25. The van der Waals surface area contributed by atoms with Crippen LogP contribution in [-0.2, 0) is 11.3 Å². The number of carbonyl (C=O) groups excluding carboxylic acids is 1. The Bertz CT molecular complexity index is 591. The zero-order chi connectivity index (χ0) is 13.9. The second-order valence-corrected chi connectivity index (χ2v) is 5.20. The molecule has 6 nitrogen and oxygen atoms in total. The van der Waals surface area contributed by atoms with Gasteiger partial charge in [-0.15, -0.1) is 10.2 Å². The van der Waals surface area contributed by atoms with Crippen molar-refractivity contribution < 1.29 is 4.79 Å². The molecule has 0 saturated heterocycles. The Morgan fingerprint density at radius 1 is 1.40 bits per heavy atom. The van der Waals surface area contributed by atoms with Gasteiger partial charge < -0.3 is 5.32 Å². The quantitative estimate of drug-likeness (QED) is 0.888. The van der Waals surface area contributed by atoms with E-state index in [1.54, 1.807) is 0 Å². The molecule has 1 aromatic heterocycles. The minimum Gasteiger partial charge on any atom is -0.352 e. The van der Waals surface area contributed by atoms with Gasteiger partial charge in [-0.3, -0.25) is 4.79 Å². The van der Waals surface area contributed by atoms with E-state index in [1.165, 1.54) is 17.6 Å². The van der Waals surface area contributed by atoms with E-state index in [-0.39, 0.29) is 18.5 Å². The Morgan fingerprint density at radius 2 is 2.15 bits per heavy atom. The van der Waals surface area contributed by atoms with Crippen LogP contribution in [0.25, 0.3) is 11.4 Å². The smallest absolute Gasteiger partial charge is 0.243 e. The highest BCUT2D eigenvalue weighted by atomic mass is 16.2. The largest absolute Gasteiger partial charge is 0.352 e. The van der Waals surface area contributed by atoms with Gasteiger partial charge in [-0.1, -0.05) is 30.3 Å². The Labute approximate surface area is 117 Å². The van der Waals surface area contributed by atoms with Crippen molar-refractivity contribution in [3.63, 3.8) is 0 Å². The number of aromatic nitrogens is 4. The molecular weight excluding hydrogens is 254 g/mol. The summed E-state index contributed by atoms with van der Waals surface area (Å²) in [6.07, 6.45) is 2.42. The number of amides is 1. The van der Waals surface area contributed by atoms with Gasteiger partial charge in [0.25, 0.3) is 0 Å². The first kappa shape index (κ1) is 12.8. The zero-order valence-electron chi connectivity index (χ0n) is 11.4. The van der Waals surface area contributed by atoms with Crippen molar-refractivity contribution in [2.24, 2.45) is 5.92 Å². The van der Waals surface area contributed by atoms with E-state index in [9.17, 15) is 4.79 Å². The molecule has 0 aliphatic heterocycles. The number of rotatable bonds is 5. The number of carbonyl (C=O) groups is 1. The zero-order valence-corrected chi connectivity index (χ0v) is 11.4. The van der Waals surface area contributed by atoms with Crippen LogP contribution in [-0.4, -0.2) is 32.2 Å². The van der Waals surface area contributed by atoms with Gasteiger partial charge in [0.15, 0.2) is 0 Å². The standard InChI is InChI=1S/C14H17N5O/c1-10(11-7-8-11)15-13(20)9-19-17-14(16-18-19)12-5-3-2-4-6-12/h2-6,10-11H,7-9H2,1H3,(H,15,20)/t10-/m1/s1. The number of nitrogens with zero attached hydrogens (tertiary/aromatic N) is 4. The second kappa shape index (κ2) is 5.40. The molecule has 1 aliphatic rings. The van der Waals surface area contributed by atoms with E-state index in [0.29, 0.717) is 11.7 Å². The van der Waals surface area contributed by atoms with E-state index in [4.69, 9.17) is 0 Å². The third-order valence-corrected chi connectivity index (χ3v) is 3.49. The van der Waals surface area contributed by atoms with E-state index in [1.807, 2.05) is 37.3 Å². The molecule has 1 amide bonds. The van der Waals surface area contributed by atoms with Crippen LogP contribution in [0, 0.1) is 5.92 Å². The lowest BCUT2D eigenvalue weighted by Crippen LogP contribution is -2.36. The molecule has 6 heteroatoms. The summed E-state index contributed by atoms with van der Waals surface area (Å²) >= 11 is 0. The number of hydrogen-bond acceptors (Lipinski definition) is 4. The molecule has 1 atom stereocenters. The average Bonchev–Trinajstić information content (AvgIpc) is 3.21. The summed E-state index contributed by atoms with van der Waals surface area (Å²) in [6, 6.07) is 9.83. The molecule has 1 saturated carbocycles. The lowest BCUT2D eigenvalue weighted by Gasteiger charge is -2.11. The fourth-order valence-electron chi connectivity index (χ4n) is 2.16. The van der Waals surface area contributed by atoms with Gasteiger partial charge in [0, 0.05) is 11.6 Å². The van der Waals surface area contributed by atoms with Crippen LogP contribution in [0.1, 0.15) is 19.8 Å². The number of nitrogens with one attached hydrogen (secondary N) is 1. The van der Waals surface area contributed by atoms with Crippen molar-refractivity contribution in [1.29, 1.82) is 0 Å². The molecular formula is C14H17N5O. The first-order valence-corrected chi connectivity index (χ1v) is 6.85. The summed E-state index contributed by atoms with van der Waals surface area (Å²) in [5, 5.41) is 15.1. The Balaban J connectivity index is 1.61. The molecule has 2 aromatic rings. The maximum absolute atomic E-state index is 11.9. The molecule has 1 fully saturated rings. The third-order valence-electron chi connectivity index (χ3n) is 3.49. The van der Waals surface area contributed by atoms with Crippen LogP contribution in [0.15, 0.2) is 30.3 Å². The fraction of sp³-hybridized carbons (Fsp3) is 0.429. The fourth-order valence-corrected chi connectivity index (χ4v) is 2.16. The minimum atomic E-state index is -0.0681. The van der Waals surface area contributed by atoms with Gasteiger partial charge in [0.2, 0.25) is 11.7 Å². The summed E-state index contributed by atoms with van der Waals surface area (Å²) in [5.74, 6) is 1.11. The van der Waals surface area contributed by atoms with Crippen LogP contribution in [0.4, 0.5) is 0 Å². The van der Waals surface area contributed by atoms with Crippen LogP contribution in [0.2, 0.25) is 0 Å². The molecule has 0 bridgehead atoms. The van der Waals surface area contributed by atoms with Crippen molar-refractivity contribution in [1.82, 2.24) is 25.5 Å². The van der Waals surface area contributed by atoms with Crippen molar-refractivity contribution in [3.05, 3.63) is 30.3 Å². The number of hydrogen-bond donors (Lipinski definition) is 1. The van der Waals surface area contributed by atoms with Crippen molar-refractivity contribution in [2.75, 3.05) is 0 Å². The molecule has 0 unspecified atom stereocenters. The summed E-state index contributed by atoms with van der Waals surface area (Å²) in [4.78, 5) is 13.2. The molecule has 104 valence electrons. The Kier molecular flexibility index (Phi) is 3.45. The van der Waals surface area contributed by atoms with Crippen molar-refractivity contribution >= 4 is 5.91 Å². The lowest BCUT2D eigenvalue weighted by atomic mass is 10.2.